The molecule has 1 unspecified atom stereocenters. The first-order valence-electron chi connectivity index (χ1n) is 5.51. The first-order valence-corrected chi connectivity index (χ1v) is 8.50. The van der Waals surface area contributed by atoms with Gasteiger partial charge in [0.05, 0.1) is 16.4 Å². The second-order valence-electron chi connectivity index (χ2n) is 3.83. The first kappa shape index (κ1) is 14.4. The Hall–Kier alpha value is -0.980. The molecule has 19 heavy (non-hydrogen) atoms. The molecule has 2 aromatic rings. The molecule has 0 spiro atoms. The highest BCUT2D eigenvalue weighted by Gasteiger charge is 2.12. The van der Waals surface area contributed by atoms with Gasteiger partial charge < -0.3 is 5.11 Å². The Kier molecular flexibility index (Phi) is 4.90. The van der Waals surface area contributed by atoms with Crippen molar-refractivity contribution in [2.75, 3.05) is 5.75 Å². The maximum absolute atomic E-state index is 12.1. The quantitative estimate of drug-likeness (QED) is 0.888. The van der Waals surface area contributed by atoms with Gasteiger partial charge in [-0.1, -0.05) is 6.07 Å². The van der Waals surface area contributed by atoms with Crippen molar-refractivity contribution in [2.45, 2.75) is 11.3 Å². The number of carboxylic acid groups (broad SMARTS) is 1. The van der Waals surface area contributed by atoms with Gasteiger partial charge in [0.1, 0.15) is 0 Å². The van der Waals surface area contributed by atoms with Gasteiger partial charge in [0.2, 0.25) is 0 Å². The highest BCUT2D eigenvalue weighted by molar-refractivity contribution is 9.10. The van der Waals surface area contributed by atoms with Gasteiger partial charge >= 0.3 is 5.97 Å². The molecule has 0 saturated heterocycles. The third-order valence-electron chi connectivity index (χ3n) is 2.55. The third-order valence-corrected chi connectivity index (χ3v) is 5.53. The molecule has 0 radical (unpaired) electrons. The SMILES string of the molecule is O=C(O)c1cc(S(=O)CCc2cccs2)ccc1Br. The molecule has 6 heteroatoms. The Labute approximate surface area is 125 Å². The van der Waals surface area contributed by atoms with Crippen LogP contribution in [0.15, 0.2) is 45.1 Å². The Morgan fingerprint density at radius 3 is 2.79 bits per heavy atom. The summed E-state index contributed by atoms with van der Waals surface area (Å²) in [7, 11) is -1.18. The topological polar surface area (TPSA) is 54.4 Å². The van der Waals surface area contributed by atoms with E-state index in [1.807, 2.05) is 17.5 Å². The standard InChI is InChI=1S/C13H11BrO3S2/c14-12-4-3-10(8-11(12)13(15)16)19(17)7-5-9-2-1-6-18-9/h1-4,6,8H,5,7H2,(H,15,16). The molecule has 0 saturated carbocycles. The van der Waals surface area contributed by atoms with E-state index in [2.05, 4.69) is 15.9 Å². The van der Waals surface area contributed by atoms with Gasteiger partial charge in [-0.05, 0) is 52.0 Å². The van der Waals surface area contributed by atoms with Crippen LogP contribution in [-0.4, -0.2) is 21.0 Å². The fraction of sp³-hybridized carbons (Fsp3) is 0.154. The number of aromatic carboxylic acids is 1. The van der Waals surface area contributed by atoms with Crippen molar-refractivity contribution in [3.05, 3.63) is 50.6 Å². The number of carboxylic acids is 1. The van der Waals surface area contributed by atoms with Gasteiger partial charge in [0, 0.05) is 20.0 Å². The second kappa shape index (κ2) is 6.45. The fourth-order valence-corrected chi connectivity index (χ4v) is 3.94. The van der Waals surface area contributed by atoms with Crippen LogP contribution in [-0.2, 0) is 17.2 Å². The molecule has 0 fully saturated rings. The van der Waals surface area contributed by atoms with Crippen molar-refractivity contribution in [2.24, 2.45) is 0 Å². The molecule has 1 N–H and O–H groups in total. The largest absolute Gasteiger partial charge is 0.478 e. The van der Waals surface area contributed by atoms with Crippen LogP contribution >= 0.6 is 27.3 Å². The number of benzene rings is 1. The van der Waals surface area contributed by atoms with E-state index in [1.54, 1.807) is 23.5 Å². The Balaban J connectivity index is 2.11. The molecule has 1 aromatic heterocycles. The summed E-state index contributed by atoms with van der Waals surface area (Å²) < 4.78 is 12.6. The highest BCUT2D eigenvalue weighted by Crippen LogP contribution is 2.21. The summed E-state index contributed by atoms with van der Waals surface area (Å²) in [5, 5.41) is 11.0. The summed E-state index contributed by atoms with van der Waals surface area (Å²) in [5.41, 5.74) is 0.141. The lowest BCUT2D eigenvalue weighted by molar-refractivity contribution is 0.0695. The van der Waals surface area contributed by atoms with Crippen LogP contribution < -0.4 is 0 Å². The van der Waals surface area contributed by atoms with E-state index < -0.39 is 16.8 Å². The molecule has 0 aliphatic carbocycles. The average molecular weight is 359 g/mol. The van der Waals surface area contributed by atoms with Crippen molar-refractivity contribution < 1.29 is 14.1 Å². The number of carbonyl (C=O) groups is 1. The summed E-state index contributed by atoms with van der Waals surface area (Å²) in [5.74, 6) is -0.523. The molecule has 1 aromatic carbocycles. The summed E-state index contributed by atoms with van der Waals surface area (Å²) in [6, 6.07) is 8.76. The number of aryl methyl sites for hydroxylation is 1. The van der Waals surface area contributed by atoms with E-state index in [4.69, 9.17) is 5.11 Å². The number of halogens is 1. The van der Waals surface area contributed by atoms with Crippen molar-refractivity contribution in [1.29, 1.82) is 0 Å². The van der Waals surface area contributed by atoms with E-state index in [1.165, 1.54) is 10.9 Å². The number of thiophene rings is 1. The van der Waals surface area contributed by atoms with Crippen LogP contribution in [0.5, 0.6) is 0 Å². The normalized spacial score (nSPS) is 12.3. The van der Waals surface area contributed by atoms with Gasteiger partial charge in [0.15, 0.2) is 0 Å². The van der Waals surface area contributed by atoms with Crippen LogP contribution in [0.4, 0.5) is 0 Å². The smallest absolute Gasteiger partial charge is 0.336 e. The van der Waals surface area contributed by atoms with Gasteiger partial charge in [-0.15, -0.1) is 11.3 Å². The van der Waals surface area contributed by atoms with Crippen molar-refractivity contribution in [3.63, 3.8) is 0 Å². The van der Waals surface area contributed by atoms with Crippen LogP contribution in [0.2, 0.25) is 0 Å². The van der Waals surface area contributed by atoms with Gasteiger partial charge in [0.25, 0.3) is 0 Å². The van der Waals surface area contributed by atoms with E-state index in [9.17, 15) is 9.00 Å². The van der Waals surface area contributed by atoms with E-state index in [0.29, 0.717) is 15.1 Å². The van der Waals surface area contributed by atoms with E-state index in [-0.39, 0.29) is 5.56 Å². The van der Waals surface area contributed by atoms with Crippen LogP contribution in [0.1, 0.15) is 15.2 Å². The zero-order valence-electron chi connectivity index (χ0n) is 9.84. The molecule has 1 heterocycles. The maximum atomic E-state index is 12.1. The van der Waals surface area contributed by atoms with E-state index >= 15 is 0 Å². The predicted octanol–water partition coefficient (Wildman–Crippen LogP) is 3.56. The van der Waals surface area contributed by atoms with Crippen LogP contribution in [0.3, 0.4) is 0 Å². The molecule has 0 aliphatic rings. The zero-order chi connectivity index (χ0) is 13.8. The monoisotopic (exact) mass is 358 g/mol. The fourth-order valence-electron chi connectivity index (χ4n) is 1.58. The molecule has 1 atom stereocenters. The number of hydrogen-bond donors (Lipinski definition) is 1. The number of hydrogen-bond acceptors (Lipinski definition) is 3. The van der Waals surface area contributed by atoms with Gasteiger partial charge in [-0.2, -0.15) is 0 Å². The Morgan fingerprint density at radius 1 is 1.37 bits per heavy atom. The molecule has 0 amide bonds. The summed E-state index contributed by atoms with van der Waals surface area (Å²) in [4.78, 5) is 12.8. The molecule has 0 aliphatic heterocycles. The minimum atomic E-state index is -1.18. The molecular formula is C13H11BrO3S2. The minimum Gasteiger partial charge on any atom is -0.478 e. The number of rotatable bonds is 5. The average Bonchev–Trinajstić information content (AvgIpc) is 2.89. The lowest BCUT2D eigenvalue weighted by Gasteiger charge is -2.04. The molecule has 3 nitrogen and oxygen atoms in total. The molecule has 0 bridgehead atoms. The van der Waals surface area contributed by atoms with Crippen molar-refractivity contribution >= 4 is 44.0 Å². The summed E-state index contributed by atoms with van der Waals surface area (Å²) >= 11 is 4.81. The minimum absolute atomic E-state index is 0.141. The lowest BCUT2D eigenvalue weighted by atomic mass is 10.2. The third kappa shape index (κ3) is 3.75. The Morgan fingerprint density at radius 2 is 2.16 bits per heavy atom. The maximum Gasteiger partial charge on any atom is 0.336 e. The van der Waals surface area contributed by atoms with Crippen molar-refractivity contribution in [3.8, 4) is 0 Å². The first-order chi connectivity index (χ1) is 9.08. The summed E-state index contributed by atoms with van der Waals surface area (Å²) in [6.07, 6.45) is 0.739. The van der Waals surface area contributed by atoms with Gasteiger partial charge in [-0.25, -0.2) is 4.79 Å². The molecule has 100 valence electrons. The molecule has 2 rings (SSSR count). The van der Waals surface area contributed by atoms with Crippen LogP contribution in [0.25, 0.3) is 0 Å². The predicted molar refractivity (Wildman–Crippen MR) is 80.4 cm³/mol. The van der Waals surface area contributed by atoms with Crippen LogP contribution in [0, 0.1) is 0 Å². The van der Waals surface area contributed by atoms with Gasteiger partial charge in [-0.3, -0.25) is 4.21 Å². The zero-order valence-corrected chi connectivity index (χ0v) is 13.1. The Bertz CT molecular complexity index is 608. The van der Waals surface area contributed by atoms with Crippen molar-refractivity contribution in [1.82, 2.24) is 0 Å². The van der Waals surface area contributed by atoms with E-state index in [0.717, 1.165) is 6.42 Å². The highest BCUT2D eigenvalue weighted by atomic mass is 79.9. The molecular weight excluding hydrogens is 348 g/mol. The second-order valence-corrected chi connectivity index (χ2v) is 7.28. The summed E-state index contributed by atoms with van der Waals surface area (Å²) in [6.45, 7) is 0. The lowest BCUT2D eigenvalue weighted by Crippen LogP contribution is -2.04.